The summed E-state index contributed by atoms with van der Waals surface area (Å²) in [6.07, 6.45) is 7.32. The lowest BCUT2D eigenvalue weighted by atomic mass is 9.78. The van der Waals surface area contributed by atoms with Crippen LogP contribution in [0.25, 0.3) is 0 Å². The van der Waals surface area contributed by atoms with E-state index in [1.165, 1.54) is 37.4 Å². The third-order valence-corrected chi connectivity index (χ3v) is 6.50. The highest BCUT2D eigenvalue weighted by Crippen LogP contribution is 2.36. The molecule has 2 amide bonds. The summed E-state index contributed by atoms with van der Waals surface area (Å²) in [5, 5.41) is 2.91. The van der Waals surface area contributed by atoms with Crippen molar-refractivity contribution in [1.82, 2.24) is 10.2 Å². The first-order valence-electron chi connectivity index (χ1n) is 9.88. The van der Waals surface area contributed by atoms with Gasteiger partial charge in [-0.05, 0) is 57.6 Å². The van der Waals surface area contributed by atoms with Crippen molar-refractivity contribution >= 4 is 23.6 Å². The van der Waals surface area contributed by atoms with Gasteiger partial charge in [0.05, 0.1) is 11.3 Å². The van der Waals surface area contributed by atoms with Gasteiger partial charge in [-0.15, -0.1) is 11.8 Å². The molecule has 4 nitrogen and oxygen atoms in total. The molecule has 0 spiro atoms. The molecule has 1 saturated heterocycles. The van der Waals surface area contributed by atoms with Crippen molar-refractivity contribution in [2.75, 3.05) is 12.3 Å². The van der Waals surface area contributed by atoms with E-state index in [0.29, 0.717) is 17.7 Å². The fourth-order valence-corrected chi connectivity index (χ4v) is 5.16. The second-order valence-corrected chi connectivity index (χ2v) is 8.78. The van der Waals surface area contributed by atoms with Crippen molar-refractivity contribution in [1.29, 1.82) is 0 Å². The van der Waals surface area contributed by atoms with E-state index in [1.54, 1.807) is 0 Å². The molecule has 1 aromatic rings. The summed E-state index contributed by atoms with van der Waals surface area (Å²) >= 11 is 1.46. The Kier molecular flexibility index (Phi) is 6.63. The zero-order chi connectivity index (χ0) is 18.5. The Balaban J connectivity index is 1.72. The van der Waals surface area contributed by atoms with Gasteiger partial charge in [-0.2, -0.15) is 0 Å². The molecule has 1 aliphatic carbocycles. The van der Waals surface area contributed by atoms with Crippen LogP contribution in [0.2, 0.25) is 0 Å². The van der Waals surface area contributed by atoms with E-state index in [9.17, 15) is 9.59 Å². The Hall–Kier alpha value is -1.49. The van der Waals surface area contributed by atoms with E-state index in [-0.39, 0.29) is 17.9 Å². The molecule has 1 aromatic carbocycles. The highest BCUT2D eigenvalue weighted by atomic mass is 32.2. The van der Waals surface area contributed by atoms with Gasteiger partial charge in [0.15, 0.2) is 0 Å². The molecule has 0 radical (unpaired) electrons. The lowest BCUT2D eigenvalue weighted by Crippen LogP contribution is -2.49. The first-order valence-corrected chi connectivity index (χ1v) is 10.9. The molecule has 1 saturated carbocycles. The third-order valence-electron chi connectivity index (χ3n) is 5.43. The molecule has 2 atom stereocenters. The van der Waals surface area contributed by atoms with Gasteiger partial charge in [0.1, 0.15) is 0 Å². The molecule has 2 unspecified atom stereocenters. The quantitative estimate of drug-likeness (QED) is 0.790. The molecule has 2 aliphatic rings. The van der Waals surface area contributed by atoms with Crippen molar-refractivity contribution in [2.24, 2.45) is 5.92 Å². The van der Waals surface area contributed by atoms with Crippen LogP contribution in [0.1, 0.15) is 62.7 Å². The number of rotatable bonds is 5. The van der Waals surface area contributed by atoms with Crippen LogP contribution in [-0.2, 0) is 4.79 Å². The Morgan fingerprint density at radius 1 is 1.15 bits per heavy atom. The zero-order valence-corrected chi connectivity index (χ0v) is 16.7. The van der Waals surface area contributed by atoms with Crippen LogP contribution in [0.5, 0.6) is 0 Å². The molecule has 0 bridgehead atoms. The summed E-state index contributed by atoms with van der Waals surface area (Å²) in [5.74, 6) is 1.18. The number of benzene rings is 1. The van der Waals surface area contributed by atoms with Crippen molar-refractivity contribution in [3.63, 3.8) is 0 Å². The summed E-state index contributed by atoms with van der Waals surface area (Å²) in [6.45, 7) is 4.78. The second-order valence-electron chi connectivity index (χ2n) is 7.76. The van der Waals surface area contributed by atoms with Gasteiger partial charge < -0.3 is 10.2 Å². The maximum Gasteiger partial charge on any atom is 0.255 e. The van der Waals surface area contributed by atoms with E-state index in [1.807, 2.05) is 38.1 Å². The van der Waals surface area contributed by atoms with Gasteiger partial charge >= 0.3 is 0 Å². The maximum atomic E-state index is 13.3. The zero-order valence-electron chi connectivity index (χ0n) is 15.9. The van der Waals surface area contributed by atoms with E-state index in [2.05, 4.69) is 10.2 Å². The number of fused-ring (bicyclic) bond motifs is 1. The SMILES string of the molecule is CC(C)NC(=O)CSc1ccccc1C(=O)N1CCCC2CCCCC21. The van der Waals surface area contributed by atoms with Gasteiger partial charge in [-0.3, -0.25) is 9.59 Å². The van der Waals surface area contributed by atoms with Crippen molar-refractivity contribution in [2.45, 2.75) is 69.4 Å². The minimum Gasteiger partial charge on any atom is -0.353 e. The predicted octanol–water partition coefficient (Wildman–Crippen LogP) is 4.10. The Bertz CT molecular complexity index is 645. The number of carbonyl (C=O) groups is 2. The minimum atomic E-state index is 0.0116. The summed E-state index contributed by atoms with van der Waals surface area (Å²) in [5.41, 5.74) is 0.751. The van der Waals surface area contributed by atoms with Gasteiger partial charge in [0.25, 0.3) is 5.91 Å². The smallest absolute Gasteiger partial charge is 0.255 e. The fourth-order valence-electron chi connectivity index (χ4n) is 4.31. The van der Waals surface area contributed by atoms with Crippen LogP contribution in [0.3, 0.4) is 0 Å². The number of piperidine rings is 1. The van der Waals surface area contributed by atoms with E-state index < -0.39 is 0 Å². The number of amides is 2. The Morgan fingerprint density at radius 2 is 1.88 bits per heavy atom. The molecule has 142 valence electrons. The summed E-state index contributed by atoms with van der Waals surface area (Å²) < 4.78 is 0. The van der Waals surface area contributed by atoms with Crippen LogP contribution >= 0.6 is 11.8 Å². The summed E-state index contributed by atoms with van der Waals surface area (Å²) in [4.78, 5) is 28.3. The number of thioether (sulfide) groups is 1. The molecule has 1 heterocycles. The van der Waals surface area contributed by atoms with Crippen molar-refractivity contribution in [3.8, 4) is 0 Å². The highest BCUT2D eigenvalue weighted by Gasteiger charge is 2.36. The Labute approximate surface area is 161 Å². The largest absolute Gasteiger partial charge is 0.353 e. The average Bonchev–Trinajstić information content (AvgIpc) is 2.65. The molecule has 26 heavy (non-hydrogen) atoms. The predicted molar refractivity (Wildman–Crippen MR) is 106 cm³/mol. The lowest BCUT2D eigenvalue weighted by Gasteiger charge is -2.44. The second kappa shape index (κ2) is 8.94. The monoisotopic (exact) mass is 374 g/mol. The number of hydrogen-bond acceptors (Lipinski definition) is 3. The standard InChI is InChI=1S/C21H30N2O2S/c1-15(2)22-20(24)14-26-19-12-6-4-10-17(19)21(25)23-13-7-9-16-8-3-5-11-18(16)23/h4,6,10,12,15-16,18H,3,5,7-9,11,13-14H2,1-2H3,(H,22,24). The summed E-state index contributed by atoms with van der Waals surface area (Å²) in [6, 6.07) is 8.29. The van der Waals surface area contributed by atoms with Crippen LogP contribution in [0.4, 0.5) is 0 Å². The van der Waals surface area contributed by atoms with Crippen LogP contribution in [-0.4, -0.2) is 41.1 Å². The lowest BCUT2D eigenvalue weighted by molar-refractivity contribution is -0.119. The van der Waals surface area contributed by atoms with Crippen LogP contribution in [0, 0.1) is 5.92 Å². The molecular weight excluding hydrogens is 344 g/mol. The number of hydrogen-bond donors (Lipinski definition) is 1. The van der Waals surface area contributed by atoms with Gasteiger partial charge in [0.2, 0.25) is 5.91 Å². The molecule has 1 aliphatic heterocycles. The van der Waals surface area contributed by atoms with Gasteiger partial charge in [0, 0.05) is 23.5 Å². The number of likely N-dealkylation sites (tertiary alicyclic amines) is 1. The van der Waals surface area contributed by atoms with Gasteiger partial charge in [-0.25, -0.2) is 0 Å². The molecule has 0 aromatic heterocycles. The van der Waals surface area contributed by atoms with Crippen LogP contribution in [0.15, 0.2) is 29.2 Å². The molecule has 3 rings (SSSR count). The Morgan fingerprint density at radius 3 is 2.69 bits per heavy atom. The first kappa shape index (κ1) is 19.3. The average molecular weight is 375 g/mol. The van der Waals surface area contributed by atoms with E-state index in [4.69, 9.17) is 0 Å². The maximum absolute atomic E-state index is 13.3. The normalized spacial score (nSPS) is 22.8. The minimum absolute atomic E-state index is 0.0116. The van der Waals surface area contributed by atoms with Crippen LogP contribution < -0.4 is 5.32 Å². The van der Waals surface area contributed by atoms with Crippen molar-refractivity contribution in [3.05, 3.63) is 29.8 Å². The number of nitrogens with zero attached hydrogens (tertiary/aromatic N) is 1. The first-order chi connectivity index (χ1) is 12.6. The van der Waals surface area contributed by atoms with Crippen molar-refractivity contribution < 1.29 is 9.59 Å². The third kappa shape index (κ3) is 4.61. The van der Waals surface area contributed by atoms with E-state index in [0.717, 1.165) is 29.8 Å². The summed E-state index contributed by atoms with van der Waals surface area (Å²) in [7, 11) is 0. The van der Waals surface area contributed by atoms with E-state index >= 15 is 0 Å². The molecule has 5 heteroatoms. The number of nitrogens with one attached hydrogen (secondary N) is 1. The highest BCUT2D eigenvalue weighted by molar-refractivity contribution is 8.00. The number of carbonyl (C=O) groups excluding carboxylic acids is 2. The van der Waals surface area contributed by atoms with Gasteiger partial charge in [-0.1, -0.05) is 25.0 Å². The fraction of sp³-hybridized carbons (Fsp3) is 0.619. The topological polar surface area (TPSA) is 49.4 Å². The molecule has 2 fully saturated rings. The molecule has 1 N–H and O–H groups in total. The molecular formula is C21H30N2O2S.